The SMILES string of the molecule is O=C1c2ccccc2-c2onc3c(N4CCN(C5CCCCC5)CC4)cc(Nc4ccc(-c5nnn[nH]5)cc4)c1c23. The van der Waals surface area contributed by atoms with Crippen molar-refractivity contribution in [3.05, 3.63) is 65.7 Å². The zero-order valence-corrected chi connectivity index (χ0v) is 22.6. The van der Waals surface area contributed by atoms with Gasteiger partial charge in [0.15, 0.2) is 17.4 Å². The van der Waals surface area contributed by atoms with E-state index < -0.39 is 0 Å². The van der Waals surface area contributed by atoms with Crippen molar-refractivity contribution in [1.29, 1.82) is 0 Å². The lowest BCUT2D eigenvalue weighted by atomic mass is 9.86. The van der Waals surface area contributed by atoms with Crippen LogP contribution in [0.2, 0.25) is 0 Å². The first-order valence-electron chi connectivity index (χ1n) is 14.5. The van der Waals surface area contributed by atoms with Crippen molar-refractivity contribution in [2.24, 2.45) is 0 Å². The van der Waals surface area contributed by atoms with Crippen LogP contribution in [0.3, 0.4) is 0 Å². The third-order valence-electron chi connectivity index (χ3n) is 8.91. The molecule has 0 spiro atoms. The van der Waals surface area contributed by atoms with Gasteiger partial charge in [0.05, 0.1) is 22.3 Å². The van der Waals surface area contributed by atoms with Crippen molar-refractivity contribution in [3.8, 4) is 22.7 Å². The summed E-state index contributed by atoms with van der Waals surface area (Å²) in [5, 5.41) is 23.0. The Kier molecular flexibility index (Phi) is 5.80. The molecule has 10 nitrogen and oxygen atoms in total. The number of hydrogen-bond donors (Lipinski definition) is 2. The van der Waals surface area contributed by atoms with E-state index in [1.807, 2.05) is 48.5 Å². The minimum absolute atomic E-state index is 0.0261. The Morgan fingerprint density at radius 3 is 2.46 bits per heavy atom. The standard InChI is InChI=1S/C31H30N8O2/c40-29-22-8-4-5-9-23(22)30-27-26(29)24(32-20-12-10-19(11-13-20)31-33-36-37-34-31)18-25(28(27)35-41-30)39-16-14-38(15-17-39)21-6-2-1-3-7-21/h4-5,8-13,18,21,32H,1-3,6-7,14-17H2,(H,33,34,36,37). The fraction of sp³-hybridized carbons (Fsp3) is 0.323. The van der Waals surface area contributed by atoms with E-state index >= 15 is 0 Å². The lowest BCUT2D eigenvalue weighted by molar-refractivity contribution is 0.104. The lowest BCUT2D eigenvalue weighted by Crippen LogP contribution is -2.51. The number of carbonyl (C=O) groups is 1. The van der Waals surface area contributed by atoms with E-state index in [9.17, 15) is 4.79 Å². The van der Waals surface area contributed by atoms with Crippen LogP contribution in [-0.2, 0) is 0 Å². The number of nitrogens with zero attached hydrogens (tertiary/aromatic N) is 6. The maximum atomic E-state index is 14.0. The van der Waals surface area contributed by atoms with Crippen molar-refractivity contribution in [3.63, 3.8) is 0 Å². The molecular weight excluding hydrogens is 516 g/mol. The molecule has 8 rings (SSSR count). The van der Waals surface area contributed by atoms with Gasteiger partial charge in [0.2, 0.25) is 0 Å². The number of ketones is 1. The molecule has 2 N–H and O–H groups in total. The zero-order chi connectivity index (χ0) is 27.3. The summed E-state index contributed by atoms with van der Waals surface area (Å²) in [5.41, 5.74) is 6.26. The van der Waals surface area contributed by atoms with Gasteiger partial charge in [-0.15, -0.1) is 5.10 Å². The maximum Gasteiger partial charge on any atom is 0.196 e. The Labute approximate surface area is 236 Å². The molecule has 3 aliphatic rings. The molecule has 0 amide bonds. The first kappa shape index (κ1) is 24.2. The molecule has 206 valence electrons. The fourth-order valence-electron chi connectivity index (χ4n) is 6.80. The molecular formula is C31H30N8O2. The van der Waals surface area contributed by atoms with Crippen LogP contribution in [0, 0.1) is 0 Å². The number of tetrazole rings is 1. The number of H-pyrrole nitrogens is 1. The summed E-state index contributed by atoms with van der Waals surface area (Å²) in [5.74, 6) is 1.23. The molecule has 5 aromatic rings. The monoisotopic (exact) mass is 546 g/mol. The molecule has 2 aromatic heterocycles. The Bertz CT molecular complexity index is 1730. The van der Waals surface area contributed by atoms with E-state index in [1.54, 1.807) is 0 Å². The van der Waals surface area contributed by atoms with Gasteiger partial charge in [-0.3, -0.25) is 9.69 Å². The van der Waals surface area contributed by atoms with Crippen LogP contribution in [0.15, 0.2) is 59.1 Å². The summed E-state index contributed by atoms with van der Waals surface area (Å²) < 4.78 is 5.99. The Morgan fingerprint density at radius 2 is 1.71 bits per heavy atom. The maximum absolute atomic E-state index is 14.0. The van der Waals surface area contributed by atoms with Crippen molar-refractivity contribution in [2.75, 3.05) is 36.4 Å². The molecule has 41 heavy (non-hydrogen) atoms. The fourth-order valence-corrected chi connectivity index (χ4v) is 6.80. The number of anilines is 3. The van der Waals surface area contributed by atoms with Crippen molar-refractivity contribution >= 4 is 33.7 Å². The summed E-state index contributed by atoms with van der Waals surface area (Å²) in [4.78, 5) is 19.0. The van der Waals surface area contributed by atoms with Gasteiger partial charge in [-0.25, -0.2) is 5.10 Å². The Balaban J connectivity index is 1.19. The summed E-state index contributed by atoms with van der Waals surface area (Å²) in [6.07, 6.45) is 6.68. The third-order valence-corrected chi connectivity index (χ3v) is 8.91. The van der Waals surface area contributed by atoms with Gasteiger partial charge in [0, 0.05) is 54.6 Å². The molecule has 2 aliphatic carbocycles. The minimum Gasteiger partial charge on any atom is -0.367 e. The molecule has 3 aromatic carbocycles. The average molecular weight is 547 g/mol. The second-order valence-corrected chi connectivity index (χ2v) is 11.2. The van der Waals surface area contributed by atoms with Gasteiger partial charge >= 0.3 is 0 Å². The van der Waals surface area contributed by atoms with E-state index in [2.05, 4.69) is 47.0 Å². The number of carbonyl (C=O) groups excluding carboxylic acids is 1. The number of hydrogen-bond acceptors (Lipinski definition) is 9. The van der Waals surface area contributed by atoms with Crippen molar-refractivity contribution < 1.29 is 9.32 Å². The molecule has 1 saturated heterocycles. The third kappa shape index (κ3) is 4.09. The second-order valence-electron chi connectivity index (χ2n) is 11.2. The number of nitrogens with one attached hydrogen (secondary N) is 2. The van der Waals surface area contributed by atoms with Gasteiger partial charge in [-0.2, -0.15) is 0 Å². The first-order valence-corrected chi connectivity index (χ1v) is 14.5. The molecule has 1 aliphatic heterocycles. The van der Waals surface area contributed by atoms with E-state index in [-0.39, 0.29) is 5.78 Å². The number of piperazine rings is 1. The van der Waals surface area contributed by atoms with Crippen LogP contribution in [-0.4, -0.2) is 68.7 Å². The molecule has 3 heterocycles. The smallest absolute Gasteiger partial charge is 0.196 e. The number of rotatable bonds is 5. The molecule has 0 unspecified atom stereocenters. The summed E-state index contributed by atoms with van der Waals surface area (Å²) in [6.45, 7) is 3.89. The van der Waals surface area contributed by atoms with E-state index in [4.69, 9.17) is 4.52 Å². The van der Waals surface area contributed by atoms with Gasteiger partial charge in [0.25, 0.3) is 0 Å². The Morgan fingerprint density at radius 1 is 0.927 bits per heavy atom. The molecule has 1 saturated carbocycles. The summed E-state index contributed by atoms with van der Waals surface area (Å²) >= 11 is 0. The van der Waals surface area contributed by atoms with Crippen molar-refractivity contribution in [1.82, 2.24) is 30.7 Å². The number of fused-ring (bicyclic) bond motifs is 2. The normalized spacial score (nSPS) is 17.7. The number of aromatic nitrogens is 5. The quantitative estimate of drug-likeness (QED) is 0.292. The first-order chi connectivity index (χ1) is 20.2. The van der Waals surface area contributed by atoms with Crippen LogP contribution < -0.4 is 10.2 Å². The molecule has 0 bridgehead atoms. The largest absolute Gasteiger partial charge is 0.367 e. The van der Waals surface area contributed by atoms with Crippen LogP contribution >= 0.6 is 0 Å². The zero-order valence-electron chi connectivity index (χ0n) is 22.6. The highest BCUT2D eigenvalue weighted by Crippen LogP contribution is 2.46. The van der Waals surface area contributed by atoms with Crippen LogP contribution in [0.25, 0.3) is 33.6 Å². The second kappa shape index (κ2) is 9.81. The van der Waals surface area contributed by atoms with Gasteiger partial charge < -0.3 is 14.7 Å². The van der Waals surface area contributed by atoms with E-state index in [0.29, 0.717) is 28.8 Å². The van der Waals surface area contributed by atoms with Crippen molar-refractivity contribution in [2.45, 2.75) is 38.1 Å². The highest BCUT2D eigenvalue weighted by atomic mass is 16.5. The number of aromatic amines is 1. The number of benzene rings is 3. The van der Waals surface area contributed by atoms with Gasteiger partial charge in [-0.1, -0.05) is 48.7 Å². The predicted octanol–water partition coefficient (Wildman–Crippen LogP) is 5.42. The topological polar surface area (TPSA) is 116 Å². The molecule has 0 atom stereocenters. The van der Waals surface area contributed by atoms with Crippen LogP contribution in [0.5, 0.6) is 0 Å². The molecule has 0 radical (unpaired) electrons. The predicted molar refractivity (Wildman–Crippen MR) is 156 cm³/mol. The Hall–Kier alpha value is -4.57. The van der Waals surface area contributed by atoms with Crippen LogP contribution in [0.1, 0.15) is 48.0 Å². The highest BCUT2D eigenvalue weighted by molar-refractivity contribution is 6.28. The average Bonchev–Trinajstić information content (AvgIpc) is 3.73. The van der Waals surface area contributed by atoms with Crippen LogP contribution in [0.4, 0.5) is 17.1 Å². The molecule has 2 fully saturated rings. The van der Waals surface area contributed by atoms with Gasteiger partial charge in [0.1, 0.15) is 5.52 Å². The van der Waals surface area contributed by atoms with E-state index in [0.717, 1.165) is 65.3 Å². The lowest BCUT2D eigenvalue weighted by Gasteiger charge is -2.41. The minimum atomic E-state index is -0.0261. The van der Waals surface area contributed by atoms with Gasteiger partial charge in [-0.05, 0) is 53.6 Å². The van der Waals surface area contributed by atoms with E-state index in [1.165, 1.54) is 32.1 Å². The highest BCUT2D eigenvalue weighted by Gasteiger charge is 2.34. The summed E-state index contributed by atoms with van der Waals surface area (Å²) in [7, 11) is 0. The summed E-state index contributed by atoms with van der Waals surface area (Å²) in [6, 6.07) is 18.2. The molecule has 10 heteroatoms.